The molecule has 0 aliphatic heterocycles. The molecule has 0 aromatic carbocycles. The first-order valence-corrected chi connectivity index (χ1v) is 2.87. The van der Waals surface area contributed by atoms with E-state index in [1.165, 1.54) is 0 Å². The fraction of sp³-hybridized carbons (Fsp3) is 0.571. The van der Waals surface area contributed by atoms with E-state index in [1.807, 2.05) is 6.08 Å². The van der Waals surface area contributed by atoms with E-state index in [0.29, 0.717) is 0 Å². The van der Waals surface area contributed by atoms with E-state index in [4.69, 9.17) is 4.74 Å². The first kappa shape index (κ1) is 7.54. The zero-order valence-corrected chi connectivity index (χ0v) is 5.61. The summed E-state index contributed by atoms with van der Waals surface area (Å²) in [6.07, 6.45) is 4.20. The third-order valence-electron chi connectivity index (χ3n) is 0.923. The third-order valence-corrected chi connectivity index (χ3v) is 0.923. The zero-order valence-electron chi connectivity index (χ0n) is 5.61. The molecule has 0 saturated heterocycles. The molecular weight excluding hydrogens is 100 g/mol. The Balaban J connectivity index is 3.26. The highest BCUT2D eigenvalue weighted by molar-refractivity contribution is 4.94. The van der Waals surface area contributed by atoms with Crippen LogP contribution in [0.1, 0.15) is 19.8 Å². The Morgan fingerprint density at radius 2 is 2.38 bits per heavy atom. The molecule has 47 valence electrons. The first-order valence-electron chi connectivity index (χ1n) is 2.87. The molecule has 0 aliphatic rings. The standard InChI is InChI=1S/C7H13O/c1-4-5-6-7(2)8-3/h6H,2,4-5H2,1,3H3/b7-6-. The van der Waals surface area contributed by atoms with Gasteiger partial charge in [0.2, 0.25) is 0 Å². The van der Waals surface area contributed by atoms with E-state index >= 15 is 0 Å². The average molecular weight is 113 g/mol. The second kappa shape index (κ2) is 4.69. The van der Waals surface area contributed by atoms with Crippen molar-refractivity contribution in [1.82, 2.24) is 0 Å². The highest BCUT2D eigenvalue weighted by atomic mass is 16.5. The van der Waals surface area contributed by atoms with Gasteiger partial charge in [-0.05, 0) is 12.5 Å². The molecule has 0 aromatic heterocycles. The van der Waals surface area contributed by atoms with Crippen molar-refractivity contribution in [3.8, 4) is 0 Å². The summed E-state index contributed by atoms with van der Waals surface area (Å²) in [6.45, 7) is 5.76. The number of hydrogen-bond donors (Lipinski definition) is 0. The molecule has 0 N–H and O–H groups in total. The van der Waals surface area contributed by atoms with E-state index in [2.05, 4.69) is 13.8 Å². The topological polar surface area (TPSA) is 9.23 Å². The predicted molar refractivity (Wildman–Crippen MR) is 35.4 cm³/mol. The van der Waals surface area contributed by atoms with E-state index in [0.717, 1.165) is 18.6 Å². The van der Waals surface area contributed by atoms with Crippen molar-refractivity contribution in [3.63, 3.8) is 0 Å². The van der Waals surface area contributed by atoms with Crippen molar-refractivity contribution in [2.24, 2.45) is 0 Å². The Morgan fingerprint density at radius 3 is 2.75 bits per heavy atom. The number of unbranched alkanes of at least 4 members (excludes halogenated alkanes) is 1. The second-order valence-electron chi connectivity index (χ2n) is 1.66. The predicted octanol–water partition coefficient (Wildman–Crippen LogP) is 2.15. The van der Waals surface area contributed by atoms with Crippen LogP contribution in [0.2, 0.25) is 0 Å². The van der Waals surface area contributed by atoms with Crippen molar-refractivity contribution in [2.75, 3.05) is 7.11 Å². The molecular formula is C7H13O. The molecule has 0 bridgehead atoms. The van der Waals surface area contributed by atoms with Gasteiger partial charge in [-0.15, -0.1) is 0 Å². The second-order valence-corrected chi connectivity index (χ2v) is 1.66. The molecule has 0 atom stereocenters. The van der Waals surface area contributed by atoms with Gasteiger partial charge in [-0.1, -0.05) is 13.3 Å². The normalized spacial score (nSPS) is 11.6. The fourth-order valence-corrected chi connectivity index (χ4v) is 0.389. The summed E-state index contributed by atoms with van der Waals surface area (Å²) in [5, 5.41) is 0. The van der Waals surface area contributed by atoms with Crippen LogP contribution >= 0.6 is 0 Å². The van der Waals surface area contributed by atoms with E-state index in [1.54, 1.807) is 7.11 Å². The Hall–Kier alpha value is -0.460. The number of hydrogen-bond acceptors (Lipinski definition) is 1. The van der Waals surface area contributed by atoms with Gasteiger partial charge in [-0.25, -0.2) is 0 Å². The lowest BCUT2D eigenvalue weighted by Gasteiger charge is -1.95. The molecule has 0 saturated carbocycles. The van der Waals surface area contributed by atoms with Gasteiger partial charge in [0.15, 0.2) is 0 Å². The van der Waals surface area contributed by atoms with Crippen molar-refractivity contribution < 1.29 is 4.74 Å². The minimum absolute atomic E-state index is 0.770. The van der Waals surface area contributed by atoms with Crippen LogP contribution in [-0.2, 0) is 4.74 Å². The fourth-order valence-electron chi connectivity index (χ4n) is 0.389. The third kappa shape index (κ3) is 3.72. The highest BCUT2D eigenvalue weighted by Crippen LogP contribution is 1.96. The number of allylic oxidation sites excluding steroid dienone is 2. The Bertz CT molecular complexity index is 74.5. The van der Waals surface area contributed by atoms with Crippen molar-refractivity contribution in [2.45, 2.75) is 19.8 Å². The molecule has 0 rings (SSSR count). The van der Waals surface area contributed by atoms with Gasteiger partial charge in [0.05, 0.1) is 12.9 Å². The van der Waals surface area contributed by atoms with Gasteiger partial charge in [0.1, 0.15) is 0 Å². The number of rotatable bonds is 3. The molecule has 0 amide bonds. The largest absolute Gasteiger partial charge is 0.501 e. The summed E-state index contributed by atoms with van der Waals surface area (Å²) in [6, 6.07) is 0. The van der Waals surface area contributed by atoms with Crippen LogP contribution < -0.4 is 0 Å². The van der Waals surface area contributed by atoms with Crippen LogP contribution in [0.25, 0.3) is 0 Å². The van der Waals surface area contributed by atoms with Crippen molar-refractivity contribution >= 4 is 0 Å². The molecule has 0 unspecified atom stereocenters. The van der Waals surface area contributed by atoms with Gasteiger partial charge in [-0.2, -0.15) is 0 Å². The molecule has 1 radical (unpaired) electrons. The van der Waals surface area contributed by atoms with Crippen LogP contribution in [-0.4, -0.2) is 7.11 Å². The lowest BCUT2D eigenvalue weighted by Crippen LogP contribution is -1.77. The SMILES string of the molecule is [CH2]/C(=C/CCC)OC. The Morgan fingerprint density at radius 1 is 1.75 bits per heavy atom. The summed E-state index contributed by atoms with van der Waals surface area (Å²) < 4.78 is 4.80. The minimum atomic E-state index is 0.770. The number of methoxy groups -OCH3 is 1. The van der Waals surface area contributed by atoms with Crippen LogP contribution in [0.3, 0.4) is 0 Å². The van der Waals surface area contributed by atoms with Crippen molar-refractivity contribution in [1.29, 1.82) is 0 Å². The maximum Gasteiger partial charge on any atom is 0.0920 e. The monoisotopic (exact) mass is 113 g/mol. The van der Waals surface area contributed by atoms with Crippen LogP contribution in [0.5, 0.6) is 0 Å². The van der Waals surface area contributed by atoms with E-state index in [9.17, 15) is 0 Å². The van der Waals surface area contributed by atoms with E-state index in [-0.39, 0.29) is 0 Å². The molecule has 0 aliphatic carbocycles. The van der Waals surface area contributed by atoms with E-state index < -0.39 is 0 Å². The van der Waals surface area contributed by atoms with Crippen LogP contribution in [0.4, 0.5) is 0 Å². The van der Waals surface area contributed by atoms with Gasteiger partial charge >= 0.3 is 0 Å². The molecule has 0 aromatic rings. The maximum atomic E-state index is 4.80. The molecule has 8 heavy (non-hydrogen) atoms. The zero-order chi connectivity index (χ0) is 6.41. The maximum absolute atomic E-state index is 4.80. The van der Waals surface area contributed by atoms with Gasteiger partial charge < -0.3 is 4.74 Å². The summed E-state index contributed by atoms with van der Waals surface area (Å²) >= 11 is 0. The lowest BCUT2D eigenvalue weighted by molar-refractivity contribution is 0.304. The quantitative estimate of drug-likeness (QED) is 0.509. The van der Waals surface area contributed by atoms with Gasteiger partial charge in [0.25, 0.3) is 0 Å². The minimum Gasteiger partial charge on any atom is -0.501 e. The Labute approximate surface area is 51.4 Å². The molecule has 0 fully saturated rings. The molecule has 0 spiro atoms. The Kier molecular flexibility index (Phi) is 4.42. The molecule has 0 heterocycles. The highest BCUT2D eigenvalue weighted by Gasteiger charge is 1.80. The van der Waals surface area contributed by atoms with Crippen LogP contribution in [0, 0.1) is 6.92 Å². The first-order chi connectivity index (χ1) is 3.81. The summed E-state index contributed by atoms with van der Waals surface area (Å²) in [5.41, 5.74) is 0. The van der Waals surface area contributed by atoms with Gasteiger partial charge in [0, 0.05) is 6.92 Å². The smallest absolute Gasteiger partial charge is 0.0920 e. The summed E-state index contributed by atoms with van der Waals surface area (Å²) in [5.74, 6) is 0.770. The summed E-state index contributed by atoms with van der Waals surface area (Å²) in [4.78, 5) is 0. The molecule has 1 heteroatoms. The lowest BCUT2D eigenvalue weighted by atomic mass is 10.3. The van der Waals surface area contributed by atoms with Crippen LogP contribution in [0.15, 0.2) is 11.8 Å². The van der Waals surface area contributed by atoms with Crippen molar-refractivity contribution in [3.05, 3.63) is 18.8 Å². The molecule has 1 nitrogen and oxygen atoms in total. The summed E-state index contributed by atoms with van der Waals surface area (Å²) in [7, 11) is 1.63. The number of ether oxygens (including phenoxy) is 1. The average Bonchev–Trinajstić information content (AvgIpc) is 1.83. The van der Waals surface area contributed by atoms with Gasteiger partial charge in [-0.3, -0.25) is 0 Å².